The van der Waals surface area contributed by atoms with E-state index in [9.17, 15) is 8.42 Å². The van der Waals surface area contributed by atoms with Gasteiger partial charge in [0.05, 0.1) is 15.6 Å². The van der Waals surface area contributed by atoms with Crippen molar-refractivity contribution < 1.29 is 8.42 Å². The molecule has 0 radical (unpaired) electrons. The summed E-state index contributed by atoms with van der Waals surface area (Å²) in [4.78, 5) is 0.308. The van der Waals surface area contributed by atoms with E-state index in [2.05, 4.69) is 4.72 Å². The Bertz CT molecular complexity index is 731. The molecule has 2 aromatic carbocycles. The second-order valence-electron chi connectivity index (χ2n) is 4.81. The number of benzene rings is 2. The zero-order valence-corrected chi connectivity index (χ0v) is 13.1. The standard InChI is InChI=1S/C15H16ClNO2S/c1-10-8-11(2)15(12(3)9-10)20(18,19)17-14-7-5-4-6-13(14)16/h4-9,17H,1-3H3. The summed E-state index contributed by atoms with van der Waals surface area (Å²) in [5, 5.41) is 0.374. The molecule has 0 unspecified atom stereocenters. The SMILES string of the molecule is Cc1cc(C)c(S(=O)(=O)Nc2ccccc2Cl)c(C)c1. The minimum absolute atomic E-state index is 0.308. The summed E-state index contributed by atoms with van der Waals surface area (Å²) in [6.45, 7) is 5.53. The molecule has 0 fully saturated rings. The van der Waals surface area contributed by atoms with Crippen LogP contribution in [0.5, 0.6) is 0 Å². The van der Waals surface area contributed by atoms with E-state index in [0.29, 0.717) is 15.6 Å². The predicted octanol–water partition coefficient (Wildman–Crippen LogP) is 4.07. The molecule has 0 amide bonds. The fourth-order valence-electron chi connectivity index (χ4n) is 2.33. The van der Waals surface area contributed by atoms with Crippen LogP contribution in [0, 0.1) is 20.8 Å². The van der Waals surface area contributed by atoms with Crippen molar-refractivity contribution in [3.63, 3.8) is 0 Å². The highest BCUT2D eigenvalue weighted by molar-refractivity contribution is 7.92. The second kappa shape index (κ2) is 5.46. The number of aryl methyl sites for hydroxylation is 3. The normalized spacial score (nSPS) is 11.4. The fraction of sp³-hybridized carbons (Fsp3) is 0.200. The third-order valence-electron chi connectivity index (χ3n) is 2.99. The Hall–Kier alpha value is -1.52. The number of nitrogens with one attached hydrogen (secondary N) is 1. The molecule has 0 heterocycles. The van der Waals surface area contributed by atoms with Crippen LogP contribution in [0.25, 0.3) is 0 Å². The molecule has 2 rings (SSSR count). The Balaban J connectivity index is 2.50. The molecular weight excluding hydrogens is 294 g/mol. The van der Waals surface area contributed by atoms with Gasteiger partial charge in [0.2, 0.25) is 0 Å². The number of para-hydroxylation sites is 1. The summed E-state index contributed by atoms with van der Waals surface area (Å²) >= 11 is 6.00. The molecular formula is C15H16ClNO2S. The number of rotatable bonds is 3. The Morgan fingerprint density at radius 1 is 1.00 bits per heavy atom. The van der Waals surface area contributed by atoms with Gasteiger partial charge in [-0.1, -0.05) is 41.4 Å². The van der Waals surface area contributed by atoms with Crippen LogP contribution in [0.3, 0.4) is 0 Å². The van der Waals surface area contributed by atoms with E-state index in [-0.39, 0.29) is 0 Å². The summed E-state index contributed by atoms with van der Waals surface area (Å²) in [6, 6.07) is 10.5. The maximum atomic E-state index is 12.5. The van der Waals surface area contributed by atoms with Gasteiger partial charge >= 0.3 is 0 Å². The highest BCUT2D eigenvalue weighted by atomic mass is 35.5. The number of sulfonamides is 1. The highest BCUT2D eigenvalue weighted by Gasteiger charge is 2.20. The molecule has 20 heavy (non-hydrogen) atoms. The van der Waals surface area contributed by atoms with E-state index < -0.39 is 10.0 Å². The lowest BCUT2D eigenvalue weighted by Gasteiger charge is -2.14. The van der Waals surface area contributed by atoms with Crippen LogP contribution in [0.2, 0.25) is 5.02 Å². The van der Waals surface area contributed by atoms with Crippen molar-refractivity contribution in [2.24, 2.45) is 0 Å². The Morgan fingerprint density at radius 3 is 2.10 bits per heavy atom. The van der Waals surface area contributed by atoms with Gasteiger partial charge in [-0.3, -0.25) is 4.72 Å². The van der Waals surface area contributed by atoms with Crippen molar-refractivity contribution in [2.45, 2.75) is 25.7 Å². The first kappa shape index (κ1) is 14.9. The second-order valence-corrected chi connectivity index (χ2v) is 6.84. The van der Waals surface area contributed by atoms with Crippen LogP contribution in [0.1, 0.15) is 16.7 Å². The molecule has 0 saturated carbocycles. The lowest BCUT2D eigenvalue weighted by molar-refractivity contribution is 0.600. The van der Waals surface area contributed by atoms with Crippen LogP contribution < -0.4 is 4.72 Å². The Morgan fingerprint density at radius 2 is 1.55 bits per heavy atom. The van der Waals surface area contributed by atoms with Gasteiger partial charge in [-0.25, -0.2) is 8.42 Å². The van der Waals surface area contributed by atoms with Crippen LogP contribution >= 0.6 is 11.6 Å². The molecule has 5 heteroatoms. The molecule has 106 valence electrons. The zero-order valence-electron chi connectivity index (χ0n) is 11.6. The summed E-state index contributed by atoms with van der Waals surface area (Å²) in [5.41, 5.74) is 2.87. The van der Waals surface area contributed by atoms with Crippen molar-refractivity contribution in [3.8, 4) is 0 Å². The van der Waals surface area contributed by atoms with E-state index >= 15 is 0 Å². The van der Waals surface area contributed by atoms with Gasteiger partial charge in [0, 0.05) is 0 Å². The van der Waals surface area contributed by atoms with Crippen LogP contribution in [0.4, 0.5) is 5.69 Å². The first-order chi connectivity index (χ1) is 9.31. The number of hydrogen-bond acceptors (Lipinski definition) is 2. The molecule has 0 aliphatic rings. The van der Waals surface area contributed by atoms with Crippen LogP contribution in [0.15, 0.2) is 41.3 Å². The zero-order chi connectivity index (χ0) is 14.9. The number of halogens is 1. The van der Waals surface area contributed by atoms with Crippen molar-refractivity contribution in [3.05, 3.63) is 58.1 Å². The average Bonchev–Trinajstić information content (AvgIpc) is 2.30. The van der Waals surface area contributed by atoms with Gasteiger partial charge in [-0.15, -0.1) is 0 Å². The van der Waals surface area contributed by atoms with Crippen LogP contribution in [-0.4, -0.2) is 8.42 Å². The average molecular weight is 310 g/mol. The van der Waals surface area contributed by atoms with Crippen LogP contribution in [-0.2, 0) is 10.0 Å². The maximum absolute atomic E-state index is 12.5. The molecule has 0 saturated heterocycles. The summed E-state index contributed by atoms with van der Waals surface area (Å²) in [5.74, 6) is 0. The molecule has 2 aromatic rings. The van der Waals surface area contributed by atoms with Gasteiger partial charge in [-0.05, 0) is 44.0 Å². The van der Waals surface area contributed by atoms with Gasteiger partial charge < -0.3 is 0 Å². The lowest BCUT2D eigenvalue weighted by atomic mass is 10.1. The number of hydrogen-bond donors (Lipinski definition) is 1. The van der Waals surface area contributed by atoms with Crippen molar-refractivity contribution in [1.82, 2.24) is 0 Å². The van der Waals surface area contributed by atoms with E-state index in [1.165, 1.54) is 0 Å². The van der Waals surface area contributed by atoms with E-state index in [1.54, 1.807) is 38.1 Å². The van der Waals surface area contributed by atoms with E-state index in [4.69, 9.17) is 11.6 Å². The molecule has 0 aliphatic heterocycles. The summed E-state index contributed by atoms with van der Waals surface area (Å²) < 4.78 is 27.6. The van der Waals surface area contributed by atoms with E-state index in [0.717, 1.165) is 16.7 Å². The first-order valence-electron chi connectivity index (χ1n) is 6.16. The third kappa shape index (κ3) is 2.97. The van der Waals surface area contributed by atoms with Gasteiger partial charge in [0.1, 0.15) is 0 Å². The minimum atomic E-state index is -3.65. The maximum Gasteiger partial charge on any atom is 0.262 e. The molecule has 0 spiro atoms. The Labute approximate surface area is 124 Å². The lowest BCUT2D eigenvalue weighted by Crippen LogP contribution is -2.16. The van der Waals surface area contributed by atoms with Crippen molar-refractivity contribution in [1.29, 1.82) is 0 Å². The Kier molecular flexibility index (Phi) is 4.06. The minimum Gasteiger partial charge on any atom is -0.278 e. The topological polar surface area (TPSA) is 46.2 Å². The third-order valence-corrected chi connectivity index (χ3v) is 4.99. The molecule has 0 aromatic heterocycles. The summed E-state index contributed by atoms with van der Waals surface area (Å²) in [7, 11) is -3.65. The van der Waals surface area contributed by atoms with Gasteiger partial charge in [-0.2, -0.15) is 0 Å². The van der Waals surface area contributed by atoms with Gasteiger partial charge in [0.15, 0.2) is 0 Å². The van der Waals surface area contributed by atoms with Crippen molar-refractivity contribution >= 4 is 27.3 Å². The fourth-order valence-corrected chi connectivity index (χ4v) is 4.10. The summed E-state index contributed by atoms with van der Waals surface area (Å²) in [6.07, 6.45) is 0. The van der Waals surface area contributed by atoms with Gasteiger partial charge in [0.25, 0.3) is 10.0 Å². The predicted molar refractivity (Wildman–Crippen MR) is 82.9 cm³/mol. The smallest absolute Gasteiger partial charge is 0.262 e. The molecule has 3 nitrogen and oxygen atoms in total. The first-order valence-corrected chi connectivity index (χ1v) is 8.02. The quantitative estimate of drug-likeness (QED) is 0.929. The monoisotopic (exact) mass is 309 g/mol. The largest absolute Gasteiger partial charge is 0.278 e. The molecule has 1 N–H and O–H groups in total. The number of anilines is 1. The van der Waals surface area contributed by atoms with Crippen molar-refractivity contribution in [2.75, 3.05) is 4.72 Å². The molecule has 0 atom stereocenters. The highest BCUT2D eigenvalue weighted by Crippen LogP contribution is 2.27. The van der Waals surface area contributed by atoms with E-state index in [1.807, 2.05) is 19.1 Å². The molecule has 0 bridgehead atoms. The molecule has 0 aliphatic carbocycles.